The quantitative estimate of drug-likeness (QED) is 0.395. The van der Waals surface area contributed by atoms with E-state index in [-0.39, 0.29) is 5.91 Å². The summed E-state index contributed by atoms with van der Waals surface area (Å²) in [5, 5.41) is 1.02. The molecular weight excluding hydrogens is 488 g/mol. The number of rotatable bonds is 4. The smallest absolute Gasteiger partial charge is 0.253 e. The third-order valence-corrected chi connectivity index (χ3v) is 8.20. The molecule has 0 spiro atoms. The number of amides is 1. The summed E-state index contributed by atoms with van der Waals surface area (Å²) < 4.78 is 5.23. The number of aromatic nitrogens is 3. The average Bonchev–Trinajstić information content (AvgIpc) is 2.97. The molecule has 4 aromatic rings. The lowest BCUT2D eigenvalue weighted by atomic mass is 9.96. The van der Waals surface area contributed by atoms with E-state index in [9.17, 15) is 4.79 Å². The van der Waals surface area contributed by atoms with Gasteiger partial charge in [-0.2, -0.15) is 0 Å². The second-order valence-electron chi connectivity index (χ2n) is 10.7. The molecule has 1 fully saturated rings. The van der Waals surface area contributed by atoms with E-state index in [0.29, 0.717) is 18.5 Å². The first-order valence-electron chi connectivity index (χ1n) is 13.5. The number of hydrogen-bond donors (Lipinski definition) is 0. The zero-order valence-electron chi connectivity index (χ0n) is 23.0. The SMILES string of the molecule is COc1ccc(-c2cc(C)c3ncnc(N4CCc5ccc(C(=O)N6CCN(C)[C@H](C)C6)cc5C4)c3c2)cn1. The van der Waals surface area contributed by atoms with Gasteiger partial charge < -0.3 is 19.4 Å². The number of likely N-dealkylation sites (N-methyl/N-ethyl adjacent to an activating group) is 1. The van der Waals surface area contributed by atoms with Crippen LogP contribution in [0.2, 0.25) is 0 Å². The molecule has 1 atom stereocenters. The number of aryl methyl sites for hydroxylation is 1. The first kappa shape index (κ1) is 25.2. The molecule has 8 nitrogen and oxygen atoms in total. The maximum atomic E-state index is 13.4. The van der Waals surface area contributed by atoms with Crippen molar-refractivity contribution in [1.29, 1.82) is 0 Å². The summed E-state index contributed by atoms with van der Waals surface area (Å²) in [6.45, 7) is 8.25. The number of fused-ring (bicyclic) bond motifs is 2. The van der Waals surface area contributed by atoms with Gasteiger partial charge in [-0.05, 0) is 79.9 Å². The highest BCUT2D eigenvalue weighted by Crippen LogP contribution is 2.33. The number of hydrogen-bond acceptors (Lipinski definition) is 7. The maximum absolute atomic E-state index is 13.4. The fourth-order valence-electron chi connectivity index (χ4n) is 5.71. The summed E-state index contributed by atoms with van der Waals surface area (Å²) >= 11 is 0. The third-order valence-electron chi connectivity index (χ3n) is 8.20. The monoisotopic (exact) mass is 522 g/mol. The molecular formula is C31H34N6O2. The summed E-state index contributed by atoms with van der Waals surface area (Å²) in [5.41, 5.74) is 7.38. The van der Waals surface area contributed by atoms with Gasteiger partial charge >= 0.3 is 0 Å². The molecule has 200 valence electrons. The molecule has 1 saturated heterocycles. The fraction of sp³-hybridized carbons (Fsp3) is 0.355. The van der Waals surface area contributed by atoms with E-state index < -0.39 is 0 Å². The van der Waals surface area contributed by atoms with Crippen LogP contribution in [-0.4, -0.2) is 77.0 Å². The summed E-state index contributed by atoms with van der Waals surface area (Å²) in [6.07, 6.45) is 4.39. The number of benzene rings is 2. The number of anilines is 1. The molecule has 8 heteroatoms. The number of nitrogens with zero attached hydrogens (tertiary/aromatic N) is 6. The van der Waals surface area contributed by atoms with Crippen LogP contribution in [0.15, 0.2) is 55.0 Å². The van der Waals surface area contributed by atoms with Crippen molar-refractivity contribution >= 4 is 22.6 Å². The van der Waals surface area contributed by atoms with Crippen LogP contribution in [0.5, 0.6) is 5.88 Å². The molecule has 0 bridgehead atoms. The summed E-state index contributed by atoms with van der Waals surface area (Å²) in [4.78, 5) is 33.7. The molecule has 2 aromatic heterocycles. The van der Waals surface area contributed by atoms with Crippen molar-refractivity contribution in [2.24, 2.45) is 0 Å². The Labute approximate surface area is 229 Å². The third kappa shape index (κ3) is 4.81. The lowest BCUT2D eigenvalue weighted by Gasteiger charge is -2.38. The van der Waals surface area contributed by atoms with E-state index in [1.54, 1.807) is 13.4 Å². The van der Waals surface area contributed by atoms with Crippen LogP contribution in [-0.2, 0) is 13.0 Å². The largest absolute Gasteiger partial charge is 0.481 e. The van der Waals surface area contributed by atoms with Gasteiger partial charge in [0, 0.05) is 67.5 Å². The molecule has 0 radical (unpaired) electrons. The normalized spacial score (nSPS) is 17.8. The number of pyridine rings is 1. The minimum Gasteiger partial charge on any atom is -0.481 e. The number of piperazine rings is 1. The van der Waals surface area contributed by atoms with E-state index in [4.69, 9.17) is 9.72 Å². The van der Waals surface area contributed by atoms with Gasteiger partial charge in [-0.1, -0.05) is 6.07 Å². The maximum Gasteiger partial charge on any atom is 0.253 e. The Kier molecular flexibility index (Phi) is 6.64. The predicted octanol–water partition coefficient (Wildman–Crippen LogP) is 4.35. The standard InChI is InChI=1S/C31H34N6O2/c1-20-13-25(24-7-8-28(39-4)32-16-24)15-27-29(20)33-19-34-30(27)36-10-9-22-5-6-23(14-26(22)18-36)31(38)37-12-11-35(3)21(2)17-37/h5-8,13-16,19,21H,9-12,17-18H2,1-4H3/t21-/m1/s1. The van der Waals surface area contributed by atoms with Crippen LogP contribution < -0.4 is 9.64 Å². The van der Waals surface area contributed by atoms with Crippen LogP contribution in [0.3, 0.4) is 0 Å². The molecule has 0 aliphatic carbocycles. The van der Waals surface area contributed by atoms with E-state index in [1.807, 2.05) is 29.3 Å². The van der Waals surface area contributed by atoms with Gasteiger partial charge in [0.15, 0.2) is 0 Å². The Morgan fingerprint density at radius 3 is 2.62 bits per heavy atom. The molecule has 0 N–H and O–H groups in total. The zero-order valence-corrected chi connectivity index (χ0v) is 23.0. The van der Waals surface area contributed by atoms with Gasteiger partial charge in [-0.3, -0.25) is 4.79 Å². The van der Waals surface area contributed by atoms with Crippen molar-refractivity contribution in [3.05, 3.63) is 77.2 Å². The van der Waals surface area contributed by atoms with Crippen LogP contribution in [0.4, 0.5) is 5.82 Å². The Morgan fingerprint density at radius 1 is 0.974 bits per heavy atom. The lowest BCUT2D eigenvalue weighted by Crippen LogP contribution is -2.52. The molecule has 2 aromatic carbocycles. The van der Waals surface area contributed by atoms with Crippen LogP contribution in [0.1, 0.15) is 34.0 Å². The van der Waals surface area contributed by atoms with Crippen molar-refractivity contribution in [3.8, 4) is 17.0 Å². The molecule has 0 unspecified atom stereocenters. The Bertz CT molecular complexity index is 1540. The minimum atomic E-state index is 0.121. The number of carbonyl (C=O) groups is 1. The first-order valence-corrected chi connectivity index (χ1v) is 13.5. The molecule has 2 aliphatic rings. The molecule has 39 heavy (non-hydrogen) atoms. The van der Waals surface area contributed by atoms with Crippen molar-refractivity contribution < 1.29 is 9.53 Å². The van der Waals surface area contributed by atoms with E-state index >= 15 is 0 Å². The second-order valence-corrected chi connectivity index (χ2v) is 10.7. The molecule has 6 rings (SSSR count). The second kappa shape index (κ2) is 10.3. The van der Waals surface area contributed by atoms with Gasteiger partial charge in [0.2, 0.25) is 5.88 Å². The highest BCUT2D eigenvalue weighted by atomic mass is 16.5. The van der Waals surface area contributed by atoms with Gasteiger partial charge in [0.05, 0.1) is 12.6 Å². The van der Waals surface area contributed by atoms with E-state index in [0.717, 1.165) is 71.6 Å². The molecule has 2 aliphatic heterocycles. The van der Waals surface area contributed by atoms with Crippen molar-refractivity contribution in [3.63, 3.8) is 0 Å². The van der Waals surface area contributed by atoms with Gasteiger partial charge in [-0.15, -0.1) is 0 Å². The molecule has 1 amide bonds. The van der Waals surface area contributed by atoms with E-state index in [2.05, 4.69) is 64.9 Å². The summed E-state index contributed by atoms with van der Waals surface area (Å²) in [7, 11) is 3.74. The van der Waals surface area contributed by atoms with Crippen molar-refractivity contribution in [1.82, 2.24) is 24.8 Å². The van der Waals surface area contributed by atoms with Gasteiger partial charge in [0.25, 0.3) is 5.91 Å². The zero-order chi connectivity index (χ0) is 27.1. The highest BCUT2D eigenvalue weighted by molar-refractivity contribution is 5.96. The number of carbonyl (C=O) groups excluding carboxylic acids is 1. The van der Waals surface area contributed by atoms with Gasteiger partial charge in [-0.25, -0.2) is 15.0 Å². The average molecular weight is 523 g/mol. The summed E-state index contributed by atoms with van der Waals surface area (Å²) in [5.74, 6) is 1.63. The number of ether oxygens (including phenoxy) is 1. The lowest BCUT2D eigenvalue weighted by molar-refractivity contribution is 0.0572. The molecule has 0 saturated carbocycles. The Hall–Kier alpha value is -4.04. The minimum absolute atomic E-state index is 0.121. The summed E-state index contributed by atoms with van der Waals surface area (Å²) in [6, 6.07) is 14.8. The van der Waals surface area contributed by atoms with Crippen molar-refractivity contribution in [2.45, 2.75) is 32.9 Å². The van der Waals surface area contributed by atoms with Gasteiger partial charge in [0.1, 0.15) is 12.1 Å². The first-order chi connectivity index (χ1) is 18.9. The Morgan fingerprint density at radius 2 is 1.85 bits per heavy atom. The highest BCUT2D eigenvalue weighted by Gasteiger charge is 2.27. The van der Waals surface area contributed by atoms with Crippen LogP contribution in [0, 0.1) is 6.92 Å². The van der Waals surface area contributed by atoms with Crippen LogP contribution >= 0.6 is 0 Å². The topological polar surface area (TPSA) is 74.7 Å². The van der Waals surface area contributed by atoms with Crippen LogP contribution in [0.25, 0.3) is 22.0 Å². The Balaban J connectivity index is 1.31. The molecule has 4 heterocycles. The predicted molar refractivity (Wildman–Crippen MR) is 153 cm³/mol. The van der Waals surface area contributed by atoms with E-state index in [1.165, 1.54) is 11.1 Å². The fourth-order valence-corrected chi connectivity index (χ4v) is 5.71. The number of methoxy groups -OCH3 is 1. The van der Waals surface area contributed by atoms with Crippen molar-refractivity contribution in [2.75, 3.05) is 45.2 Å².